The predicted molar refractivity (Wildman–Crippen MR) is 63.5 cm³/mol. The average Bonchev–Trinajstić information content (AvgIpc) is 2.12. The van der Waals surface area contributed by atoms with Gasteiger partial charge in [-0.05, 0) is 23.8 Å². The standard InChI is InChI=1S/C13H21NO/c1-5-6-7-14-11-9-13(3,4)8-10(2)12(11)15/h9,14H,2,5-8H2,1,3-4H3. The van der Waals surface area contributed by atoms with Crippen LogP contribution in [0.5, 0.6) is 0 Å². The summed E-state index contributed by atoms with van der Waals surface area (Å²) in [4.78, 5) is 11.8. The van der Waals surface area contributed by atoms with Crippen molar-refractivity contribution in [2.45, 2.75) is 40.0 Å². The van der Waals surface area contributed by atoms with E-state index >= 15 is 0 Å². The van der Waals surface area contributed by atoms with Crippen LogP contribution in [0.4, 0.5) is 0 Å². The molecular weight excluding hydrogens is 186 g/mol. The summed E-state index contributed by atoms with van der Waals surface area (Å²) in [6.07, 6.45) is 5.04. The van der Waals surface area contributed by atoms with Crippen LogP contribution in [0.1, 0.15) is 40.0 Å². The van der Waals surface area contributed by atoms with Gasteiger partial charge < -0.3 is 5.32 Å². The lowest BCUT2D eigenvalue weighted by molar-refractivity contribution is -0.113. The van der Waals surface area contributed by atoms with Gasteiger partial charge >= 0.3 is 0 Å². The first kappa shape index (κ1) is 12.0. The van der Waals surface area contributed by atoms with E-state index in [1.54, 1.807) is 0 Å². The van der Waals surface area contributed by atoms with Crippen molar-refractivity contribution in [1.82, 2.24) is 5.32 Å². The van der Waals surface area contributed by atoms with Gasteiger partial charge in [0.25, 0.3) is 0 Å². The Morgan fingerprint density at radius 1 is 1.53 bits per heavy atom. The van der Waals surface area contributed by atoms with Crippen LogP contribution in [0, 0.1) is 5.41 Å². The fourth-order valence-electron chi connectivity index (χ4n) is 1.86. The quantitative estimate of drug-likeness (QED) is 0.567. The van der Waals surface area contributed by atoms with Crippen LogP contribution in [0.3, 0.4) is 0 Å². The number of hydrogen-bond donors (Lipinski definition) is 1. The lowest BCUT2D eigenvalue weighted by atomic mass is 9.79. The third-order valence-corrected chi connectivity index (χ3v) is 2.62. The zero-order valence-electron chi connectivity index (χ0n) is 10.0. The molecule has 0 saturated heterocycles. The molecule has 0 fully saturated rings. The molecule has 0 bridgehead atoms. The van der Waals surface area contributed by atoms with Crippen molar-refractivity contribution in [2.75, 3.05) is 6.54 Å². The zero-order valence-corrected chi connectivity index (χ0v) is 10.0. The van der Waals surface area contributed by atoms with Crippen molar-refractivity contribution < 1.29 is 4.79 Å². The van der Waals surface area contributed by atoms with Crippen molar-refractivity contribution in [3.63, 3.8) is 0 Å². The molecule has 84 valence electrons. The maximum absolute atomic E-state index is 11.8. The molecule has 2 nitrogen and oxygen atoms in total. The summed E-state index contributed by atoms with van der Waals surface area (Å²) in [6.45, 7) is 11.1. The van der Waals surface area contributed by atoms with Gasteiger partial charge in [-0.25, -0.2) is 0 Å². The Morgan fingerprint density at radius 3 is 2.80 bits per heavy atom. The highest BCUT2D eigenvalue weighted by Gasteiger charge is 2.28. The molecule has 0 aromatic carbocycles. The summed E-state index contributed by atoms with van der Waals surface area (Å²) in [7, 11) is 0. The van der Waals surface area contributed by atoms with Gasteiger partial charge in [-0.15, -0.1) is 0 Å². The Bertz CT molecular complexity index is 300. The Hall–Kier alpha value is -1.05. The number of nitrogens with one attached hydrogen (secondary N) is 1. The molecular formula is C13H21NO. The molecule has 0 heterocycles. The number of ketones is 1. The highest BCUT2D eigenvalue weighted by atomic mass is 16.1. The van der Waals surface area contributed by atoms with E-state index in [0.29, 0.717) is 0 Å². The number of carbonyl (C=O) groups is 1. The fraction of sp³-hybridized carbons (Fsp3) is 0.615. The van der Waals surface area contributed by atoms with Gasteiger partial charge in [0.15, 0.2) is 0 Å². The van der Waals surface area contributed by atoms with Crippen LogP contribution < -0.4 is 5.32 Å². The van der Waals surface area contributed by atoms with Crippen molar-refractivity contribution in [3.05, 3.63) is 23.9 Å². The lowest BCUT2D eigenvalue weighted by Gasteiger charge is -2.28. The Kier molecular flexibility index (Phi) is 3.72. The van der Waals surface area contributed by atoms with E-state index in [2.05, 4.69) is 32.7 Å². The molecule has 0 unspecified atom stereocenters. The highest BCUT2D eigenvalue weighted by Crippen LogP contribution is 2.32. The summed E-state index contributed by atoms with van der Waals surface area (Å²) in [5.74, 6) is 0.0884. The van der Waals surface area contributed by atoms with Gasteiger partial charge in [0.1, 0.15) is 0 Å². The lowest BCUT2D eigenvalue weighted by Crippen LogP contribution is -2.30. The molecule has 2 heteroatoms. The SMILES string of the molecule is C=C1CC(C)(C)C=C(NCCCC)C1=O. The van der Waals surface area contributed by atoms with Gasteiger partial charge in [-0.3, -0.25) is 4.79 Å². The Balaban J connectivity index is 2.71. The van der Waals surface area contributed by atoms with Crippen LogP contribution >= 0.6 is 0 Å². The summed E-state index contributed by atoms with van der Waals surface area (Å²) in [6, 6.07) is 0. The summed E-state index contributed by atoms with van der Waals surface area (Å²) in [5, 5.41) is 3.21. The number of Topliss-reactive ketones (excluding diaryl/α,β-unsaturated/α-hetero) is 1. The Labute approximate surface area is 92.4 Å². The summed E-state index contributed by atoms with van der Waals surface area (Å²) in [5.41, 5.74) is 1.52. The van der Waals surface area contributed by atoms with Gasteiger partial charge in [-0.2, -0.15) is 0 Å². The molecule has 1 rings (SSSR count). The molecule has 0 aliphatic heterocycles. The molecule has 1 aliphatic rings. The molecule has 0 spiro atoms. The third-order valence-electron chi connectivity index (χ3n) is 2.62. The van der Waals surface area contributed by atoms with Crippen molar-refractivity contribution in [3.8, 4) is 0 Å². The molecule has 0 atom stereocenters. The minimum absolute atomic E-state index is 0.0551. The molecule has 0 aromatic heterocycles. The van der Waals surface area contributed by atoms with Crippen molar-refractivity contribution in [2.24, 2.45) is 5.41 Å². The third kappa shape index (κ3) is 3.22. The highest BCUT2D eigenvalue weighted by molar-refractivity contribution is 6.08. The van der Waals surface area contributed by atoms with E-state index in [9.17, 15) is 4.79 Å². The second-order valence-corrected chi connectivity index (χ2v) is 4.94. The van der Waals surface area contributed by atoms with E-state index in [-0.39, 0.29) is 11.2 Å². The van der Waals surface area contributed by atoms with Gasteiger partial charge in [0.05, 0.1) is 5.70 Å². The smallest absolute Gasteiger partial charge is 0.203 e. The monoisotopic (exact) mass is 207 g/mol. The van der Waals surface area contributed by atoms with Gasteiger partial charge in [-0.1, -0.05) is 39.8 Å². The van der Waals surface area contributed by atoms with Gasteiger partial charge in [0, 0.05) is 6.54 Å². The van der Waals surface area contributed by atoms with E-state index < -0.39 is 0 Å². The van der Waals surface area contributed by atoms with E-state index in [4.69, 9.17) is 0 Å². The number of unbranched alkanes of at least 4 members (excludes halogenated alkanes) is 1. The normalized spacial score (nSPS) is 20.1. The predicted octanol–water partition coefficient (Wildman–Crippen LogP) is 2.82. The minimum Gasteiger partial charge on any atom is -0.382 e. The van der Waals surface area contributed by atoms with E-state index in [1.165, 1.54) is 0 Å². The molecule has 0 amide bonds. The summed E-state index contributed by atoms with van der Waals surface area (Å²) >= 11 is 0. The zero-order chi connectivity index (χ0) is 11.5. The first-order chi connectivity index (χ1) is 6.96. The molecule has 0 radical (unpaired) electrons. The maximum atomic E-state index is 11.8. The van der Waals surface area contributed by atoms with Crippen LogP contribution in [0.25, 0.3) is 0 Å². The first-order valence-corrected chi connectivity index (χ1v) is 5.65. The maximum Gasteiger partial charge on any atom is 0.203 e. The van der Waals surface area contributed by atoms with E-state index in [1.807, 2.05) is 6.08 Å². The second-order valence-electron chi connectivity index (χ2n) is 4.94. The molecule has 1 N–H and O–H groups in total. The molecule has 0 aromatic rings. The van der Waals surface area contributed by atoms with E-state index in [0.717, 1.165) is 37.1 Å². The number of allylic oxidation sites excluding steroid dienone is 2. The molecule has 1 aliphatic carbocycles. The fourth-order valence-corrected chi connectivity index (χ4v) is 1.86. The van der Waals surface area contributed by atoms with Crippen molar-refractivity contribution in [1.29, 1.82) is 0 Å². The second kappa shape index (κ2) is 4.65. The summed E-state index contributed by atoms with van der Waals surface area (Å²) < 4.78 is 0. The number of hydrogen-bond acceptors (Lipinski definition) is 2. The first-order valence-electron chi connectivity index (χ1n) is 5.65. The topological polar surface area (TPSA) is 29.1 Å². The number of carbonyl (C=O) groups excluding carboxylic acids is 1. The minimum atomic E-state index is 0.0551. The largest absolute Gasteiger partial charge is 0.382 e. The molecule has 0 saturated carbocycles. The van der Waals surface area contributed by atoms with Gasteiger partial charge in [0.2, 0.25) is 5.78 Å². The van der Waals surface area contributed by atoms with Crippen LogP contribution in [-0.4, -0.2) is 12.3 Å². The Morgan fingerprint density at radius 2 is 2.20 bits per heavy atom. The average molecular weight is 207 g/mol. The van der Waals surface area contributed by atoms with Crippen molar-refractivity contribution >= 4 is 5.78 Å². The number of rotatable bonds is 4. The van der Waals surface area contributed by atoms with Crippen LogP contribution in [-0.2, 0) is 4.79 Å². The van der Waals surface area contributed by atoms with Crippen LogP contribution in [0.2, 0.25) is 0 Å². The molecule has 15 heavy (non-hydrogen) atoms. The van der Waals surface area contributed by atoms with Crippen LogP contribution in [0.15, 0.2) is 23.9 Å².